The van der Waals surface area contributed by atoms with Crippen molar-refractivity contribution >= 4 is 29.2 Å². The summed E-state index contributed by atoms with van der Waals surface area (Å²) in [6, 6.07) is 14.2. The molecule has 0 aliphatic carbocycles. The Hall–Kier alpha value is -2.57. The summed E-state index contributed by atoms with van der Waals surface area (Å²) in [7, 11) is 1.51. The van der Waals surface area contributed by atoms with Crippen LogP contribution in [-0.4, -0.2) is 43.1 Å². The number of nitrogens with one attached hydrogen (secondary N) is 1. The van der Waals surface area contributed by atoms with Crippen molar-refractivity contribution in [3.05, 3.63) is 59.1 Å². The fourth-order valence-corrected chi connectivity index (χ4v) is 3.21. The predicted molar refractivity (Wildman–Crippen MR) is 103 cm³/mol. The maximum Gasteiger partial charge on any atom is 0.323 e. The molecule has 0 radical (unpaired) electrons. The molecule has 1 aliphatic rings. The van der Waals surface area contributed by atoms with Gasteiger partial charge in [0.1, 0.15) is 18.4 Å². The standard InChI is InChI=1S/C20H21ClN2O4/c1-26-18-8-7-15(21)11-16(18)22-19(24)12-17-20(25)27-10-9-23(17)13-14-5-3-2-4-6-14/h2-8,11,17H,9-10,12-13H2,1H3,(H,22,24). The van der Waals surface area contributed by atoms with Crippen LogP contribution >= 0.6 is 11.6 Å². The van der Waals surface area contributed by atoms with Crippen LogP contribution in [0.15, 0.2) is 48.5 Å². The Morgan fingerprint density at radius 3 is 2.81 bits per heavy atom. The largest absolute Gasteiger partial charge is 0.495 e. The number of nitrogens with zero attached hydrogens (tertiary/aromatic N) is 1. The van der Waals surface area contributed by atoms with Crippen molar-refractivity contribution in [2.45, 2.75) is 19.0 Å². The molecule has 27 heavy (non-hydrogen) atoms. The smallest absolute Gasteiger partial charge is 0.323 e. The van der Waals surface area contributed by atoms with Crippen molar-refractivity contribution in [3.8, 4) is 5.75 Å². The van der Waals surface area contributed by atoms with E-state index in [4.69, 9.17) is 21.1 Å². The zero-order valence-electron chi connectivity index (χ0n) is 15.0. The Labute approximate surface area is 163 Å². The highest BCUT2D eigenvalue weighted by Crippen LogP contribution is 2.28. The minimum Gasteiger partial charge on any atom is -0.495 e. The summed E-state index contributed by atoms with van der Waals surface area (Å²) in [6.45, 7) is 1.49. The minimum atomic E-state index is -0.635. The van der Waals surface area contributed by atoms with Gasteiger partial charge in [-0.25, -0.2) is 0 Å². The lowest BCUT2D eigenvalue weighted by molar-refractivity contribution is -0.159. The maximum absolute atomic E-state index is 12.6. The summed E-state index contributed by atoms with van der Waals surface area (Å²) in [5, 5.41) is 3.25. The Balaban J connectivity index is 1.70. The van der Waals surface area contributed by atoms with Gasteiger partial charge in [-0.15, -0.1) is 0 Å². The summed E-state index contributed by atoms with van der Waals surface area (Å²) in [5.41, 5.74) is 1.54. The van der Waals surface area contributed by atoms with Crippen LogP contribution in [0.1, 0.15) is 12.0 Å². The Kier molecular flexibility index (Phi) is 6.32. The third kappa shape index (κ3) is 4.99. The summed E-state index contributed by atoms with van der Waals surface area (Å²) in [6.07, 6.45) is -0.0126. The second kappa shape index (κ2) is 8.88. The molecule has 0 bridgehead atoms. The number of carbonyl (C=O) groups excluding carboxylic acids is 2. The number of carbonyl (C=O) groups is 2. The lowest BCUT2D eigenvalue weighted by Gasteiger charge is -2.33. The second-order valence-corrected chi connectivity index (χ2v) is 6.67. The average molecular weight is 389 g/mol. The number of rotatable bonds is 6. The molecular weight excluding hydrogens is 368 g/mol. The first-order valence-corrected chi connectivity index (χ1v) is 9.02. The average Bonchev–Trinajstić information content (AvgIpc) is 2.65. The van der Waals surface area contributed by atoms with Crippen LogP contribution in [0.4, 0.5) is 5.69 Å². The van der Waals surface area contributed by atoms with E-state index >= 15 is 0 Å². The zero-order chi connectivity index (χ0) is 19.2. The third-order valence-electron chi connectivity index (χ3n) is 4.38. The highest BCUT2D eigenvalue weighted by molar-refractivity contribution is 6.31. The molecular formula is C20H21ClN2O4. The van der Waals surface area contributed by atoms with Crippen molar-refractivity contribution in [2.75, 3.05) is 25.6 Å². The first-order chi connectivity index (χ1) is 13.1. The van der Waals surface area contributed by atoms with Crippen LogP contribution in [0.5, 0.6) is 5.75 Å². The van der Waals surface area contributed by atoms with Crippen LogP contribution in [0.2, 0.25) is 5.02 Å². The van der Waals surface area contributed by atoms with Crippen molar-refractivity contribution in [1.29, 1.82) is 0 Å². The van der Waals surface area contributed by atoms with Crippen molar-refractivity contribution in [2.24, 2.45) is 0 Å². The molecule has 1 N–H and O–H groups in total. The first kappa shape index (κ1) is 19.2. The quantitative estimate of drug-likeness (QED) is 0.770. The van der Waals surface area contributed by atoms with Gasteiger partial charge in [0.2, 0.25) is 5.91 Å². The molecule has 1 saturated heterocycles. The molecule has 1 amide bonds. The third-order valence-corrected chi connectivity index (χ3v) is 4.61. The highest BCUT2D eigenvalue weighted by Gasteiger charge is 2.33. The number of ether oxygens (including phenoxy) is 2. The number of anilines is 1. The van der Waals surface area contributed by atoms with E-state index in [9.17, 15) is 9.59 Å². The first-order valence-electron chi connectivity index (χ1n) is 8.65. The molecule has 6 nitrogen and oxygen atoms in total. The van der Waals surface area contributed by atoms with E-state index in [1.165, 1.54) is 7.11 Å². The molecule has 1 fully saturated rings. The number of benzene rings is 2. The Bertz CT molecular complexity index is 813. The topological polar surface area (TPSA) is 67.9 Å². The van der Waals surface area contributed by atoms with Crippen LogP contribution in [0.3, 0.4) is 0 Å². The molecule has 2 aromatic carbocycles. The summed E-state index contributed by atoms with van der Waals surface area (Å²) in [5.74, 6) is -0.192. The lowest BCUT2D eigenvalue weighted by Crippen LogP contribution is -2.49. The van der Waals surface area contributed by atoms with Gasteiger partial charge in [-0.1, -0.05) is 41.9 Å². The van der Waals surface area contributed by atoms with Gasteiger partial charge in [0.15, 0.2) is 0 Å². The molecule has 2 aromatic rings. The van der Waals surface area contributed by atoms with Gasteiger partial charge in [-0.3, -0.25) is 14.5 Å². The van der Waals surface area contributed by atoms with Gasteiger partial charge in [-0.05, 0) is 23.8 Å². The molecule has 1 atom stereocenters. The minimum absolute atomic E-state index is 0.0126. The van der Waals surface area contributed by atoms with E-state index in [1.807, 2.05) is 35.2 Å². The normalized spacial score (nSPS) is 17.3. The summed E-state index contributed by atoms with van der Waals surface area (Å²) in [4.78, 5) is 26.8. The number of halogens is 1. The highest BCUT2D eigenvalue weighted by atomic mass is 35.5. The maximum atomic E-state index is 12.6. The number of hydrogen-bond donors (Lipinski definition) is 1. The summed E-state index contributed by atoms with van der Waals surface area (Å²) >= 11 is 6.00. The number of hydrogen-bond acceptors (Lipinski definition) is 5. The number of methoxy groups -OCH3 is 1. The molecule has 0 aromatic heterocycles. The molecule has 142 valence electrons. The van der Waals surface area contributed by atoms with Crippen LogP contribution < -0.4 is 10.1 Å². The van der Waals surface area contributed by atoms with Crippen molar-refractivity contribution in [3.63, 3.8) is 0 Å². The van der Waals surface area contributed by atoms with Gasteiger partial charge in [-0.2, -0.15) is 0 Å². The van der Waals surface area contributed by atoms with Crippen molar-refractivity contribution in [1.82, 2.24) is 4.90 Å². The van der Waals surface area contributed by atoms with E-state index < -0.39 is 6.04 Å². The van der Waals surface area contributed by atoms with Gasteiger partial charge >= 0.3 is 5.97 Å². The summed E-state index contributed by atoms with van der Waals surface area (Å²) < 4.78 is 10.4. The van der Waals surface area contributed by atoms with Gasteiger partial charge in [0.25, 0.3) is 0 Å². The van der Waals surface area contributed by atoms with E-state index in [0.717, 1.165) is 5.56 Å². The Morgan fingerprint density at radius 2 is 2.07 bits per heavy atom. The van der Waals surface area contributed by atoms with Crippen molar-refractivity contribution < 1.29 is 19.1 Å². The molecule has 7 heteroatoms. The number of amides is 1. The SMILES string of the molecule is COc1ccc(Cl)cc1NC(=O)CC1C(=O)OCCN1Cc1ccccc1. The fourth-order valence-electron chi connectivity index (χ4n) is 3.04. The van der Waals surface area contributed by atoms with Gasteiger partial charge in [0, 0.05) is 18.1 Å². The zero-order valence-corrected chi connectivity index (χ0v) is 15.7. The number of morpholine rings is 1. The molecule has 1 heterocycles. The van der Waals surface area contributed by atoms with Crippen LogP contribution in [0, 0.1) is 0 Å². The molecule has 1 aliphatic heterocycles. The van der Waals surface area contributed by atoms with Gasteiger partial charge in [0.05, 0.1) is 19.2 Å². The van der Waals surface area contributed by atoms with E-state index in [-0.39, 0.29) is 18.3 Å². The number of esters is 1. The molecule has 1 unspecified atom stereocenters. The predicted octanol–water partition coefficient (Wildman–Crippen LogP) is 3.10. The molecule has 0 saturated carbocycles. The van der Waals surface area contributed by atoms with Crippen LogP contribution in [-0.2, 0) is 20.9 Å². The van der Waals surface area contributed by atoms with E-state index in [2.05, 4.69) is 5.32 Å². The fraction of sp³-hybridized carbons (Fsp3) is 0.300. The lowest BCUT2D eigenvalue weighted by atomic mass is 10.1. The monoisotopic (exact) mass is 388 g/mol. The second-order valence-electron chi connectivity index (χ2n) is 6.24. The molecule has 0 spiro atoms. The Morgan fingerprint density at radius 1 is 1.30 bits per heavy atom. The van der Waals surface area contributed by atoms with Crippen LogP contribution in [0.25, 0.3) is 0 Å². The molecule has 3 rings (SSSR count). The van der Waals surface area contributed by atoms with E-state index in [1.54, 1.807) is 18.2 Å². The number of cyclic esters (lactones) is 1. The van der Waals surface area contributed by atoms with E-state index in [0.29, 0.717) is 36.2 Å². The van der Waals surface area contributed by atoms with Gasteiger partial charge < -0.3 is 14.8 Å².